The molecule has 0 aromatic carbocycles. The average molecular weight is 194 g/mol. The molecule has 0 bridgehead atoms. The number of rotatable bonds is 5. The molecule has 0 amide bonds. The Bertz CT molecular complexity index is 242. The molecule has 72 valence electrons. The molecular formula is C7H14O4S. The van der Waals surface area contributed by atoms with Crippen LogP contribution in [-0.2, 0) is 14.6 Å². The van der Waals surface area contributed by atoms with Crippen LogP contribution >= 0.6 is 0 Å². The van der Waals surface area contributed by atoms with Crippen molar-refractivity contribution in [1.82, 2.24) is 0 Å². The zero-order valence-electron chi connectivity index (χ0n) is 7.28. The lowest BCUT2D eigenvalue weighted by Crippen LogP contribution is -2.31. The summed E-state index contributed by atoms with van der Waals surface area (Å²) in [4.78, 5) is 10.5. The van der Waals surface area contributed by atoms with Crippen molar-refractivity contribution in [2.75, 3.05) is 5.75 Å². The van der Waals surface area contributed by atoms with Crippen LogP contribution in [0.1, 0.15) is 26.7 Å². The van der Waals surface area contributed by atoms with Crippen LogP contribution in [0.3, 0.4) is 0 Å². The monoisotopic (exact) mass is 194 g/mol. The lowest BCUT2D eigenvalue weighted by atomic mass is 10.3. The Morgan fingerprint density at radius 3 is 2.17 bits per heavy atom. The van der Waals surface area contributed by atoms with Crippen LogP contribution in [0.5, 0.6) is 0 Å². The average Bonchev–Trinajstić information content (AvgIpc) is 1.86. The van der Waals surface area contributed by atoms with Crippen molar-refractivity contribution >= 4 is 15.8 Å². The Labute approximate surface area is 72.5 Å². The van der Waals surface area contributed by atoms with Crippen molar-refractivity contribution in [2.45, 2.75) is 31.9 Å². The molecule has 0 saturated heterocycles. The fourth-order valence-electron chi connectivity index (χ4n) is 1.01. The second-order valence-corrected chi connectivity index (χ2v) is 4.91. The maximum Gasteiger partial charge on any atom is 0.321 e. The van der Waals surface area contributed by atoms with Crippen LogP contribution in [0.25, 0.3) is 0 Å². The highest BCUT2D eigenvalue weighted by Crippen LogP contribution is 2.08. The fraction of sp³-hybridized carbons (Fsp3) is 0.857. The smallest absolute Gasteiger partial charge is 0.321 e. The summed E-state index contributed by atoms with van der Waals surface area (Å²) in [5.74, 6) is -1.29. The molecule has 1 unspecified atom stereocenters. The molecule has 0 aliphatic rings. The molecule has 4 nitrogen and oxygen atoms in total. The molecule has 0 aromatic rings. The van der Waals surface area contributed by atoms with E-state index in [1.165, 1.54) is 0 Å². The Morgan fingerprint density at radius 1 is 1.42 bits per heavy atom. The van der Waals surface area contributed by atoms with Crippen molar-refractivity contribution in [3.05, 3.63) is 0 Å². The first-order valence-electron chi connectivity index (χ1n) is 3.90. The summed E-state index contributed by atoms with van der Waals surface area (Å²) >= 11 is 0. The summed E-state index contributed by atoms with van der Waals surface area (Å²) in [5, 5.41) is 7.33. The van der Waals surface area contributed by atoms with E-state index in [9.17, 15) is 13.2 Å². The number of carbonyl (C=O) groups is 1. The summed E-state index contributed by atoms with van der Waals surface area (Å²) < 4.78 is 22.4. The van der Waals surface area contributed by atoms with Gasteiger partial charge < -0.3 is 5.11 Å². The highest BCUT2D eigenvalue weighted by atomic mass is 32.2. The number of hydrogen-bond acceptors (Lipinski definition) is 3. The first-order chi connectivity index (χ1) is 5.45. The molecule has 0 aromatic heterocycles. The molecule has 0 aliphatic carbocycles. The van der Waals surface area contributed by atoms with Crippen molar-refractivity contribution in [3.63, 3.8) is 0 Å². The largest absolute Gasteiger partial charge is 0.480 e. The first kappa shape index (κ1) is 11.4. The van der Waals surface area contributed by atoms with Crippen molar-refractivity contribution in [2.24, 2.45) is 0 Å². The molecule has 0 heterocycles. The zero-order valence-corrected chi connectivity index (χ0v) is 8.10. The minimum atomic E-state index is -3.42. The molecule has 1 N–H and O–H groups in total. The lowest BCUT2D eigenvalue weighted by molar-refractivity contribution is -0.136. The Morgan fingerprint density at radius 2 is 1.92 bits per heavy atom. The molecular weight excluding hydrogens is 180 g/mol. The van der Waals surface area contributed by atoms with Gasteiger partial charge in [-0.05, 0) is 12.8 Å². The van der Waals surface area contributed by atoms with Crippen molar-refractivity contribution in [3.8, 4) is 0 Å². The summed E-state index contributed by atoms with van der Waals surface area (Å²) in [7, 11) is -3.42. The van der Waals surface area contributed by atoms with Crippen LogP contribution in [0.2, 0.25) is 0 Å². The van der Waals surface area contributed by atoms with E-state index in [1.54, 1.807) is 13.8 Å². The summed E-state index contributed by atoms with van der Waals surface area (Å²) in [5.41, 5.74) is 0. The summed E-state index contributed by atoms with van der Waals surface area (Å²) in [6, 6.07) is 0. The second kappa shape index (κ2) is 4.45. The van der Waals surface area contributed by atoms with Gasteiger partial charge in [-0.1, -0.05) is 13.8 Å². The number of sulfone groups is 1. The van der Waals surface area contributed by atoms with E-state index in [-0.39, 0.29) is 12.2 Å². The molecule has 0 fully saturated rings. The van der Waals surface area contributed by atoms with Gasteiger partial charge in [-0.15, -0.1) is 0 Å². The van der Waals surface area contributed by atoms with E-state index in [4.69, 9.17) is 5.11 Å². The van der Waals surface area contributed by atoms with Gasteiger partial charge in [0.2, 0.25) is 0 Å². The van der Waals surface area contributed by atoms with E-state index in [2.05, 4.69) is 0 Å². The lowest BCUT2D eigenvalue weighted by Gasteiger charge is -2.09. The Kier molecular flexibility index (Phi) is 4.23. The van der Waals surface area contributed by atoms with Crippen LogP contribution in [0, 0.1) is 0 Å². The standard InChI is InChI=1S/C7H14O4S/c1-3-5-12(10,11)6(4-2)7(8)9/h6H,3-5H2,1-2H3,(H,8,9). The van der Waals surface area contributed by atoms with Gasteiger partial charge in [-0.2, -0.15) is 0 Å². The topological polar surface area (TPSA) is 71.4 Å². The molecule has 0 aliphatic heterocycles. The van der Waals surface area contributed by atoms with Gasteiger partial charge in [-0.3, -0.25) is 4.79 Å². The van der Waals surface area contributed by atoms with E-state index in [0.29, 0.717) is 6.42 Å². The van der Waals surface area contributed by atoms with Crippen LogP contribution in [-0.4, -0.2) is 30.5 Å². The van der Waals surface area contributed by atoms with Crippen molar-refractivity contribution in [1.29, 1.82) is 0 Å². The fourth-order valence-corrected chi connectivity index (χ4v) is 2.68. The number of carboxylic acid groups (broad SMARTS) is 1. The molecule has 0 rings (SSSR count). The number of carboxylic acids is 1. The Hall–Kier alpha value is -0.580. The third-order valence-electron chi connectivity index (χ3n) is 1.57. The van der Waals surface area contributed by atoms with Crippen LogP contribution in [0.15, 0.2) is 0 Å². The van der Waals surface area contributed by atoms with Gasteiger partial charge in [0.25, 0.3) is 0 Å². The van der Waals surface area contributed by atoms with Gasteiger partial charge in [0.05, 0.1) is 5.75 Å². The maximum atomic E-state index is 11.2. The third-order valence-corrected chi connectivity index (χ3v) is 3.95. The SMILES string of the molecule is CCCS(=O)(=O)C(CC)C(=O)O. The quantitative estimate of drug-likeness (QED) is 0.698. The zero-order chi connectivity index (χ0) is 9.78. The van der Waals surface area contributed by atoms with Crippen LogP contribution < -0.4 is 0 Å². The van der Waals surface area contributed by atoms with Crippen LogP contribution in [0.4, 0.5) is 0 Å². The molecule has 0 radical (unpaired) electrons. The maximum absolute atomic E-state index is 11.2. The Balaban J connectivity index is 4.61. The second-order valence-electron chi connectivity index (χ2n) is 2.60. The predicted molar refractivity (Wildman–Crippen MR) is 45.8 cm³/mol. The van der Waals surface area contributed by atoms with E-state index < -0.39 is 21.1 Å². The molecule has 0 spiro atoms. The van der Waals surface area contributed by atoms with E-state index in [0.717, 1.165) is 0 Å². The minimum Gasteiger partial charge on any atom is -0.480 e. The van der Waals surface area contributed by atoms with Gasteiger partial charge in [0.15, 0.2) is 15.1 Å². The normalized spacial score (nSPS) is 14.2. The number of aliphatic carboxylic acids is 1. The van der Waals surface area contributed by atoms with E-state index in [1.807, 2.05) is 0 Å². The van der Waals surface area contributed by atoms with E-state index >= 15 is 0 Å². The first-order valence-corrected chi connectivity index (χ1v) is 5.61. The molecule has 12 heavy (non-hydrogen) atoms. The molecule has 1 atom stereocenters. The third kappa shape index (κ3) is 2.81. The van der Waals surface area contributed by atoms with Gasteiger partial charge in [-0.25, -0.2) is 8.42 Å². The number of hydrogen-bond donors (Lipinski definition) is 1. The predicted octanol–water partition coefficient (Wildman–Crippen LogP) is 0.674. The highest BCUT2D eigenvalue weighted by Gasteiger charge is 2.29. The molecule has 5 heteroatoms. The van der Waals surface area contributed by atoms with Gasteiger partial charge in [0.1, 0.15) is 0 Å². The highest BCUT2D eigenvalue weighted by molar-refractivity contribution is 7.92. The minimum absolute atomic E-state index is 0.0438. The van der Waals surface area contributed by atoms with Gasteiger partial charge >= 0.3 is 5.97 Å². The molecule has 0 saturated carbocycles. The van der Waals surface area contributed by atoms with Gasteiger partial charge in [0, 0.05) is 0 Å². The van der Waals surface area contributed by atoms with Crippen molar-refractivity contribution < 1.29 is 18.3 Å². The summed E-state index contributed by atoms with van der Waals surface area (Å²) in [6.07, 6.45) is 0.601. The summed E-state index contributed by atoms with van der Waals surface area (Å²) in [6.45, 7) is 3.28.